The van der Waals surface area contributed by atoms with Crippen molar-refractivity contribution in [1.82, 2.24) is 4.90 Å². The highest BCUT2D eigenvalue weighted by molar-refractivity contribution is 5.71. The van der Waals surface area contributed by atoms with Crippen LogP contribution in [0, 0.1) is 0 Å². The first kappa shape index (κ1) is 17.9. The van der Waals surface area contributed by atoms with Crippen molar-refractivity contribution in [1.29, 1.82) is 0 Å². The molecule has 2 fully saturated rings. The van der Waals surface area contributed by atoms with Crippen LogP contribution < -0.4 is 5.73 Å². The monoisotopic (exact) mass is 366 g/mol. The molecule has 2 heterocycles. The lowest BCUT2D eigenvalue weighted by molar-refractivity contribution is -0.0751. The maximum absolute atomic E-state index is 12.8. The van der Waals surface area contributed by atoms with Gasteiger partial charge in [-0.25, -0.2) is 4.79 Å². The number of cyclic esters (lactones) is 1. The Morgan fingerprint density at radius 1 is 1.11 bits per heavy atom. The lowest BCUT2D eigenvalue weighted by Gasteiger charge is -2.48. The third-order valence-electron chi connectivity index (χ3n) is 5.97. The summed E-state index contributed by atoms with van der Waals surface area (Å²) in [6, 6.07) is 17.0. The number of anilines is 1. The van der Waals surface area contributed by atoms with E-state index in [9.17, 15) is 9.90 Å². The van der Waals surface area contributed by atoms with E-state index in [1.165, 1.54) is 0 Å². The number of ether oxygens (including phenoxy) is 1. The van der Waals surface area contributed by atoms with Crippen LogP contribution in [0.15, 0.2) is 54.6 Å². The van der Waals surface area contributed by atoms with Crippen LogP contribution in [0.2, 0.25) is 0 Å². The fourth-order valence-electron chi connectivity index (χ4n) is 4.78. The Bertz CT molecular complexity index is 819. The zero-order valence-electron chi connectivity index (χ0n) is 15.7. The van der Waals surface area contributed by atoms with E-state index in [4.69, 9.17) is 10.5 Å². The van der Waals surface area contributed by atoms with Crippen molar-refractivity contribution < 1.29 is 14.6 Å². The Labute approximate surface area is 159 Å². The van der Waals surface area contributed by atoms with Gasteiger partial charge in [-0.1, -0.05) is 42.5 Å². The van der Waals surface area contributed by atoms with Crippen LogP contribution in [0.5, 0.6) is 0 Å². The fraction of sp³-hybridized carbons (Fsp3) is 0.409. The normalized spacial score (nSPS) is 27.7. The topological polar surface area (TPSA) is 75.8 Å². The minimum absolute atomic E-state index is 0.00626. The zero-order chi connectivity index (χ0) is 19.2. The van der Waals surface area contributed by atoms with Crippen LogP contribution in [0.4, 0.5) is 10.5 Å². The molecule has 27 heavy (non-hydrogen) atoms. The van der Waals surface area contributed by atoms with Crippen LogP contribution in [-0.4, -0.2) is 33.8 Å². The maximum Gasteiger partial charge on any atom is 0.410 e. The van der Waals surface area contributed by atoms with Crippen molar-refractivity contribution in [2.45, 2.75) is 56.4 Å². The molecule has 1 amide bonds. The van der Waals surface area contributed by atoms with Gasteiger partial charge in [0.1, 0.15) is 5.60 Å². The molecule has 0 spiro atoms. The van der Waals surface area contributed by atoms with E-state index in [2.05, 4.69) is 0 Å². The summed E-state index contributed by atoms with van der Waals surface area (Å²) < 4.78 is 5.85. The molecule has 2 aromatic rings. The lowest BCUT2D eigenvalue weighted by Crippen LogP contribution is -2.58. The van der Waals surface area contributed by atoms with Crippen LogP contribution in [0.1, 0.15) is 49.8 Å². The first-order chi connectivity index (χ1) is 12.9. The number of rotatable bonds is 3. The molecule has 142 valence electrons. The first-order valence-corrected chi connectivity index (χ1v) is 9.48. The van der Waals surface area contributed by atoms with Gasteiger partial charge in [-0.05, 0) is 49.9 Å². The number of carbonyl (C=O) groups is 1. The molecule has 4 rings (SSSR count). The number of fused-ring (bicyclic) bond motifs is 1. The second kappa shape index (κ2) is 6.57. The summed E-state index contributed by atoms with van der Waals surface area (Å²) >= 11 is 0. The second-order valence-corrected chi connectivity index (χ2v) is 8.09. The molecule has 2 aliphatic rings. The summed E-state index contributed by atoms with van der Waals surface area (Å²) in [5, 5.41) is 10.9. The summed E-state index contributed by atoms with van der Waals surface area (Å²) in [7, 11) is 0. The standard InChI is InChI=1S/C22H26N2O3/c1-22(2)19(14-8-10-16(23)11-9-14)17-12-13-18(24(17)21(26)27-22)20(25)15-6-4-3-5-7-15/h3-11,17-20,25H,12-13,23H2,1-2H3/t17-,18-,19?,20-/m1/s1. The summed E-state index contributed by atoms with van der Waals surface area (Å²) in [4.78, 5) is 14.6. The highest BCUT2D eigenvalue weighted by atomic mass is 16.6. The van der Waals surface area contributed by atoms with E-state index < -0.39 is 11.7 Å². The second-order valence-electron chi connectivity index (χ2n) is 8.09. The number of nitrogens with zero attached hydrogens (tertiary/aromatic N) is 1. The lowest BCUT2D eigenvalue weighted by atomic mass is 9.77. The average Bonchev–Trinajstić information content (AvgIpc) is 3.07. The summed E-state index contributed by atoms with van der Waals surface area (Å²) in [6.07, 6.45) is 0.519. The van der Waals surface area contributed by atoms with E-state index in [0.717, 1.165) is 24.0 Å². The molecule has 2 aromatic carbocycles. The molecular weight excluding hydrogens is 340 g/mol. The van der Waals surface area contributed by atoms with Gasteiger partial charge >= 0.3 is 6.09 Å². The number of amides is 1. The Kier molecular flexibility index (Phi) is 4.35. The smallest absolute Gasteiger partial charge is 0.410 e. The number of benzene rings is 2. The molecule has 4 atom stereocenters. The number of aliphatic hydroxyl groups excluding tert-OH is 1. The van der Waals surface area contributed by atoms with Gasteiger partial charge in [0.15, 0.2) is 0 Å². The highest BCUT2D eigenvalue weighted by Gasteiger charge is 2.55. The number of hydrogen-bond donors (Lipinski definition) is 2. The van der Waals surface area contributed by atoms with Crippen LogP contribution >= 0.6 is 0 Å². The molecule has 2 aliphatic heterocycles. The van der Waals surface area contributed by atoms with E-state index in [1.54, 1.807) is 4.90 Å². The molecular formula is C22H26N2O3. The van der Waals surface area contributed by atoms with Gasteiger partial charge in [0.2, 0.25) is 0 Å². The van der Waals surface area contributed by atoms with Gasteiger partial charge in [0.25, 0.3) is 0 Å². The molecule has 0 aromatic heterocycles. The Balaban J connectivity index is 1.68. The van der Waals surface area contributed by atoms with Gasteiger partial charge in [0.05, 0.1) is 12.1 Å². The molecule has 1 unspecified atom stereocenters. The SMILES string of the molecule is CC1(C)OC(=O)N2[C@H](CC[C@@H]2[C@H](O)c2ccccc2)C1c1ccc(N)cc1. The van der Waals surface area contributed by atoms with Crippen molar-refractivity contribution >= 4 is 11.8 Å². The van der Waals surface area contributed by atoms with Crippen LogP contribution in [-0.2, 0) is 4.74 Å². The third-order valence-corrected chi connectivity index (χ3v) is 5.97. The molecule has 3 N–H and O–H groups in total. The average molecular weight is 366 g/mol. The molecule has 0 aliphatic carbocycles. The maximum atomic E-state index is 12.8. The molecule has 0 radical (unpaired) electrons. The van der Waals surface area contributed by atoms with E-state index in [1.807, 2.05) is 68.4 Å². The van der Waals surface area contributed by atoms with Crippen molar-refractivity contribution in [2.24, 2.45) is 0 Å². The minimum atomic E-state index is -0.725. The summed E-state index contributed by atoms with van der Waals surface area (Å²) in [5.41, 5.74) is 7.87. The number of nitrogen functional groups attached to an aromatic ring is 1. The molecule has 0 saturated carbocycles. The van der Waals surface area contributed by atoms with E-state index >= 15 is 0 Å². The van der Waals surface area contributed by atoms with E-state index in [-0.39, 0.29) is 24.1 Å². The van der Waals surface area contributed by atoms with Gasteiger partial charge in [-0.15, -0.1) is 0 Å². The van der Waals surface area contributed by atoms with Crippen molar-refractivity contribution in [3.8, 4) is 0 Å². The van der Waals surface area contributed by atoms with Gasteiger partial charge in [0, 0.05) is 17.6 Å². The van der Waals surface area contributed by atoms with Crippen molar-refractivity contribution in [3.05, 3.63) is 65.7 Å². The largest absolute Gasteiger partial charge is 0.443 e. The van der Waals surface area contributed by atoms with Crippen LogP contribution in [0.3, 0.4) is 0 Å². The van der Waals surface area contributed by atoms with Crippen LogP contribution in [0.25, 0.3) is 0 Å². The Morgan fingerprint density at radius 2 is 1.78 bits per heavy atom. The number of hydrogen-bond acceptors (Lipinski definition) is 4. The van der Waals surface area contributed by atoms with Gasteiger partial charge in [-0.3, -0.25) is 4.90 Å². The third kappa shape index (κ3) is 3.06. The van der Waals surface area contributed by atoms with E-state index in [0.29, 0.717) is 5.69 Å². The minimum Gasteiger partial charge on any atom is -0.443 e. The molecule has 5 nitrogen and oxygen atoms in total. The summed E-state index contributed by atoms with van der Waals surface area (Å²) in [6.45, 7) is 3.93. The number of carbonyl (C=O) groups excluding carboxylic acids is 1. The summed E-state index contributed by atoms with van der Waals surface area (Å²) in [5.74, 6) is 0.0174. The van der Waals surface area contributed by atoms with Crippen molar-refractivity contribution in [3.63, 3.8) is 0 Å². The highest BCUT2D eigenvalue weighted by Crippen LogP contribution is 2.48. The Hall–Kier alpha value is -2.53. The predicted octanol–water partition coefficient (Wildman–Crippen LogP) is 3.85. The quantitative estimate of drug-likeness (QED) is 0.809. The first-order valence-electron chi connectivity index (χ1n) is 9.48. The fourth-order valence-corrected chi connectivity index (χ4v) is 4.78. The van der Waals surface area contributed by atoms with Crippen molar-refractivity contribution in [2.75, 3.05) is 5.73 Å². The van der Waals surface area contributed by atoms with Gasteiger partial charge in [-0.2, -0.15) is 0 Å². The van der Waals surface area contributed by atoms with Gasteiger partial charge < -0.3 is 15.6 Å². The Morgan fingerprint density at radius 3 is 2.44 bits per heavy atom. The zero-order valence-corrected chi connectivity index (χ0v) is 15.7. The molecule has 0 bridgehead atoms. The number of nitrogens with two attached hydrogens (primary N) is 1. The predicted molar refractivity (Wildman–Crippen MR) is 104 cm³/mol. The molecule has 5 heteroatoms. The molecule has 2 saturated heterocycles. The number of aliphatic hydroxyl groups is 1.